The molecule has 18 heavy (non-hydrogen) atoms. The summed E-state index contributed by atoms with van der Waals surface area (Å²) in [4.78, 5) is 11.7. The number of rotatable bonds is 4. The molecule has 0 saturated heterocycles. The predicted octanol–water partition coefficient (Wildman–Crippen LogP) is 0.925. The van der Waals surface area contributed by atoms with Gasteiger partial charge in [-0.2, -0.15) is 0 Å². The molecule has 0 unspecified atom stereocenters. The third-order valence-electron chi connectivity index (χ3n) is 2.41. The first-order valence-electron chi connectivity index (χ1n) is 5.18. The topological polar surface area (TPSA) is 68.2 Å². The molecule has 0 bridgehead atoms. The highest BCUT2D eigenvalue weighted by molar-refractivity contribution is 7.91. The summed E-state index contributed by atoms with van der Waals surface area (Å²) in [6, 6.07) is 6.51. The summed E-state index contributed by atoms with van der Waals surface area (Å²) in [6.45, 7) is -0.00620. The Kier molecular flexibility index (Phi) is 3.65. The van der Waals surface area contributed by atoms with Crippen molar-refractivity contribution in [2.45, 2.75) is 10.8 Å². The summed E-state index contributed by atoms with van der Waals surface area (Å²) in [6.07, 6.45) is 1.62. The Labute approximate surface area is 109 Å². The van der Waals surface area contributed by atoms with E-state index in [2.05, 4.69) is 4.72 Å². The molecule has 0 aliphatic carbocycles. The number of hydrogen-bond acceptors (Lipinski definition) is 4. The summed E-state index contributed by atoms with van der Waals surface area (Å²) in [5.41, 5.74) is 0.214. The lowest BCUT2D eigenvalue weighted by Crippen LogP contribution is -2.28. The lowest BCUT2D eigenvalue weighted by molar-refractivity contribution is 0.583. The number of thiophene rings is 1. The van der Waals surface area contributed by atoms with Gasteiger partial charge in [-0.1, -0.05) is 12.1 Å². The highest BCUT2D eigenvalue weighted by Gasteiger charge is 2.15. The van der Waals surface area contributed by atoms with Crippen LogP contribution in [0.1, 0.15) is 5.56 Å². The SMILES string of the molecule is Cn1cccc(CNS(=O)(=O)c2cccs2)c1=O. The molecule has 0 saturated carbocycles. The first kappa shape index (κ1) is 13.0. The van der Waals surface area contributed by atoms with Crippen LogP contribution in [0.3, 0.4) is 0 Å². The Morgan fingerprint density at radius 3 is 2.78 bits per heavy atom. The third kappa shape index (κ3) is 2.69. The van der Waals surface area contributed by atoms with Gasteiger partial charge in [0.15, 0.2) is 0 Å². The molecule has 2 aromatic heterocycles. The van der Waals surface area contributed by atoms with E-state index in [0.29, 0.717) is 5.56 Å². The van der Waals surface area contributed by atoms with Crippen molar-refractivity contribution < 1.29 is 8.42 Å². The zero-order valence-corrected chi connectivity index (χ0v) is 11.3. The fourth-order valence-electron chi connectivity index (χ4n) is 1.45. The lowest BCUT2D eigenvalue weighted by atomic mass is 10.3. The predicted molar refractivity (Wildman–Crippen MR) is 70.0 cm³/mol. The summed E-state index contributed by atoms with van der Waals surface area (Å²) >= 11 is 1.14. The van der Waals surface area contributed by atoms with E-state index in [1.807, 2.05) is 0 Å². The molecule has 0 aromatic carbocycles. The minimum atomic E-state index is -3.52. The average Bonchev–Trinajstić information content (AvgIpc) is 2.85. The molecular formula is C11H12N2O3S2. The largest absolute Gasteiger partial charge is 0.318 e. The Hall–Kier alpha value is -1.44. The molecule has 2 aromatic rings. The number of hydrogen-bond donors (Lipinski definition) is 1. The average molecular weight is 284 g/mol. The van der Waals surface area contributed by atoms with Crippen LogP contribution in [0.4, 0.5) is 0 Å². The highest BCUT2D eigenvalue weighted by Crippen LogP contribution is 2.15. The van der Waals surface area contributed by atoms with E-state index in [-0.39, 0.29) is 16.3 Å². The maximum Gasteiger partial charge on any atom is 0.254 e. The van der Waals surface area contributed by atoms with Crippen molar-refractivity contribution in [2.24, 2.45) is 7.05 Å². The van der Waals surface area contributed by atoms with Gasteiger partial charge in [0, 0.05) is 25.4 Å². The zero-order valence-electron chi connectivity index (χ0n) is 9.66. The molecule has 5 nitrogen and oxygen atoms in total. The van der Waals surface area contributed by atoms with E-state index in [0.717, 1.165) is 11.3 Å². The summed E-state index contributed by atoms with van der Waals surface area (Å²) in [5.74, 6) is 0. The molecular weight excluding hydrogens is 272 g/mol. The van der Waals surface area contributed by atoms with Crippen LogP contribution in [0, 0.1) is 0 Å². The van der Waals surface area contributed by atoms with E-state index >= 15 is 0 Å². The van der Waals surface area contributed by atoms with Crippen LogP contribution in [0.5, 0.6) is 0 Å². The third-order valence-corrected chi connectivity index (χ3v) is 5.21. The van der Waals surface area contributed by atoms with Crippen molar-refractivity contribution in [1.29, 1.82) is 0 Å². The summed E-state index contributed by atoms with van der Waals surface area (Å²) < 4.78 is 27.8. The van der Waals surface area contributed by atoms with E-state index in [4.69, 9.17) is 0 Å². The Morgan fingerprint density at radius 2 is 2.11 bits per heavy atom. The monoisotopic (exact) mass is 284 g/mol. The molecule has 2 heterocycles. The molecule has 0 aliphatic rings. The lowest BCUT2D eigenvalue weighted by Gasteiger charge is -2.05. The van der Waals surface area contributed by atoms with Crippen molar-refractivity contribution in [3.05, 3.63) is 51.8 Å². The summed E-state index contributed by atoms with van der Waals surface area (Å²) in [5, 5.41) is 1.69. The van der Waals surface area contributed by atoms with Gasteiger partial charge < -0.3 is 4.57 Å². The molecule has 2 rings (SSSR count). The molecule has 0 spiro atoms. The van der Waals surface area contributed by atoms with Gasteiger partial charge in [-0.25, -0.2) is 13.1 Å². The fraction of sp³-hybridized carbons (Fsp3) is 0.182. The van der Waals surface area contributed by atoms with E-state index in [1.54, 1.807) is 36.8 Å². The Bertz CT molecular complexity index is 687. The van der Waals surface area contributed by atoms with E-state index in [1.165, 1.54) is 10.6 Å². The number of nitrogens with zero attached hydrogens (tertiary/aromatic N) is 1. The standard InChI is InChI=1S/C11H12N2O3S2/c1-13-6-2-4-9(11(13)14)8-12-18(15,16)10-5-3-7-17-10/h2-7,12H,8H2,1H3. The second kappa shape index (κ2) is 5.05. The van der Waals surface area contributed by atoms with Crippen molar-refractivity contribution in [3.8, 4) is 0 Å². The van der Waals surface area contributed by atoms with Crippen LogP contribution in [0.15, 0.2) is 44.8 Å². The normalized spacial score (nSPS) is 11.6. The van der Waals surface area contributed by atoms with Crippen molar-refractivity contribution in [3.63, 3.8) is 0 Å². The molecule has 7 heteroatoms. The number of aromatic nitrogens is 1. The van der Waals surface area contributed by atoms with Crippen molar-refractivity contribution in [1.82, 2.24) is 9.29 Å². The van der Waals surface area contributed by atoms with Crippen molar-refractivity contribution >= 4 is 21.4 Å². The second-order valence-corrected chi connectivity index (χ2v) is 6.65. The van der Waals surface area contributed by atoms with Gasteiger partial charge in [-0.15, -0.1) is 11.3 Å². The first-order valence-corrected chi connectivity index (χ1v) is 7.55. The minimum absolute atomic E-state index is 0.00620. The van der Waals surface area contributed by atoms with E-state index in [9.17, 15) is 13.2 Å². The fourth-order valence-corrected chi connectivity index (χ4v) is 3.49. The Morgan fingerprint density at radius 1 is 1.33 bits per heavy atom. The zero-order chi connectivity index (χ0) is 13.2. The highest BCUT2D eigenvalue weighted by atomic mass is 32.2. The molecule has 1 N–H and O–H groups in total. The van der Waals surface area contributed by atoms with Crippen LogP contribution >= 0.6 is 11.3 Å². The quantitative estimate of drug-likeness (QED) is 0.908. The smallest absolute Gasteiger partial charge is 0.254 e. The first-order chi connectivity index (χ1) is 8.50. The maximum absolute atomic E-state index is 11.9. The number of nitrogens with one attached hydrogen (secondary N) is 1. The molecule has 0 atom stereocenters. The number of aryl methyl sites for hydroxylation is 1. The minimum Gasteiger partial charge on any atom is -0.318 e. The van der Waals surface area contributed by atoms with Crippen LogP contribution in [0.25, 0.3) is 0 Å². The van der Waals surface area contributed by atoms with Crippen LogP contribution in [-0.2, 0) is 23.6 Å². The van der Waals surface area contributed by atoms with Gasteiger partial charge in [0.25, 0.3) is 5.56 Å². The molecule has 96 valence electrons. The van der Waals surface area contributed by atoms with Gasteiger partial charge in [0.2, 0.25) is 10.0 Å². The molecule has 0 aliphatic heterocycles. The van der Waals surface area contributed by atoms with E-state index < -0.39 is 10.0 Å². The second-order valence-electron chi connectivity index (χ2n) is 3.71. The van der Waals surface area contributed by atoms with Gasteiger partial charge in [0.05, 0.1) is 0 Å². The Balaban J connectivity index is 2.18. The molecule has 0 radical (unpaired) electrons. The summed E-state index contributed by atoms with van der Waals surface area (Å²) in [7, 11) is -1.90. The van der Waals surface area contributed by atoms with Crippen LogP contribution in [0.2, 0.25) is 0 Å². The molecule has 0 fully saturated rings. The van der Waals surface area contributed by atoms with Gasteiger partial charge in [0.1, 0.15) is 4.21 Å². The van der Waals surface area contributed by atoms with Crippen molar-refractivity contribution in [2.75, 3.05) is 0 Å². The maximum atomic E-state index is 11.9. The number of sulfonamides is 1. The van der Waals surface area contributed by atoms with Crippen LogP contribution in [-0.4, -0.2) is 13.0 Å². The van der Waals surface area contributed by atoms with Crippen LogP contribution < -0.4 is 10.3 Å². The molecule has 0 amide bonds. The van der Waals surface area contributed by atoms with Gasteiger partial charge in [-0.3, -0.25) is 4.79 Å². The van der Waals surface area contributed by atoms with Gasteiger partial charge >= 0.3 is 0 Å². The number of pyridine rings is 1. The van der Waals surface area contributed by atoms with Gasteiger partial charge in [-0.05, 0) is 17.5 Å².